The van der Waals surface area contributed by atoms with Crippen LogP contribution in [-0.4, -0.2) is 10.4 Å². The number of halogens is 1. The molecule has 1 aromatic heterocycles. The molecule has 0 N–H and O–H groups in total. The second-order valence-electron chi connectivity index (χ2n) is 4.78. The fourth-order valence-electron chi connectivity index (χ4n) is 2.13. The second kappa shape index (κ2) is 4.53. The normalized spacial score (nSPS) is 11.4. The summed E-state index contributed by atoms with van der Waals surface area (Å²) in [5.41, 5.74) is 1.72. The SMILES string of the molecule is CC(=O)c1cn(CC(C)C)c2c(Cl)cccc12. The number of carbonyl (C=O) groups is 1. The number of benzene rings is 1. The van der Waals surface area contributed by atoms with Crippen LogP contribution in [0.15, 0.2) is 24.4 Å². The molecule has 0 unspecified atom stereocenters. The van der Waals surface area contributed by atoms with Gasteiger partial charge in [-0.2, -0.15) is 0 Å². The average Bonchev–Trinajstić information content (AvgIpc) is 2.57. The van der Waals surface area contributed by atoms with Crippen LogP contribution in [0.1, 0.15) is 31.1 Å². The highest BCUT2D eigenvalue weighted by Crippen LogP contribution is 2.29. The molecule has 3 heteroatoms. The van der Waals surface area contributed by atoms with Crippen LogP contribution in [0.3, 0.4) is 0 Å². The maximum absolute atomic E-state index is 11.6. The standard InChI is InChI=1S/C14H16ClNO/c1-9(2)7-16-8-12(10(3)17)11-5-4-6-13(15)14(11)16/h4-6,8-9H,7H2,1-3H3. The highest BCUT2D eigenvalue weighted by molar-refractivity contribution is 6.35. The van der Waals surface area contributed by atoms with Crippen molar-refractivity contribution in [1.82, 2.24) is 4.57 Å². The van der Waals surface area contributed by atoms with Crippen molar-refractivity contribution < 1.29 is 4.79 Å². The van der Waals surface area contributed by atoms with Gasteiger partial charge >= 0.3 is 0 Å². The Hall–Kier alpha value is -1.28. The summed E-state index contributed by atoms with van der Waals surface area (Å²) in [5, 5.41) is 1.65. The van der Waals surface area contributed by atoms with Gasteiger partial charge in [0, 0.05) is 23.7 Å². The Morgan fingerprint density at radius 1 is 1.41 bits per heavy atom. The van der Waals surface area contributed by atoms with Crippen molar-refractivity contribution in [3.63, 3.8) is 0 Å². The Bertz CT molecular complexity index is 569. The summed E-state index contributed by atoms with van der Waals surface area (Å²) < 4.78 is 2.08. The molecule has 17 heavy (non-hydrogen) atoms. The molecule has 0 aliphatic heterocycles. The van der Waals surface area contributed by atoms with E-state index in [0.29, 0.717) is 10.9 Å². The van der Waals surface area contributed by atoms with Crippen LogP contribution in [-0.2, 0) is 6.54 Å². The summed E-state index contributed by atoms with van der Waals surface area (Å²) in [7, 11) is 0. The zero-order valence-corrected chi connectivity index (χ0v) is 11.1. The Morgan fingerprint density at radius 3 is 2.71 bits per heavy atom. The van der Waals surface area contributed by atoms with Gasteiger partial charge in [-0.05, 0) is 18.9 Å². The summed E-state index contributed by atoms with van der Waals surface area (Å²) in [4.78, 5) is 11.6. The van der Waals surface area contributed by atoms with Gasteiger partial charge in [0.2, 0.25) is 0 Å². The van der Waals surface area contributed by atoms with Gasteiger partial charge in [0.25, 0.3) is 0 Å². The van der Waals surface area contributed by atoms with Crippen molar-refractivity contribution in [2.24, 2.45) is 5.92 Å². The minimum absolute atomic E-state index is 0.0831. The van der Waals surface area contributed by atoms with Gasteiger partial charge in [-0.15, -0.1) is 0 Å². The van der Waals surface area contributed by atoms with Crippen LogP contribution >= 0.6 is 11.6 Å². The van der Waals surface area contributed by atoms with E-state index in [0.717, 1.165) is 23.0 Å². The molecule has 0 bridgehead atoms. The minimum atomic E-state index is 0.0831. The predicted molar refractivity (Wildman–Crippen MR) is 71.8 cm³/mol. The third kappa shape index (κ3) is 2.22. The van der Waals surface area contributed by atoms with Crippen molar-refractivity contribution in [2.75, 3.05) is 0 Å². The number of Topliss-reactive ketones (excluding diaryl/α,β-unsaturated/α-hetero) is 1. The zero-order chi connectivity index (χ0) is 12.6. The van der Waals surface area contributed by atoms with Gasteiger partial charge in [-0.1, -0.05) is 37.6 Å². The molecule has 1 heterocycles. The van der Waals surface area contributed by atoms with Crippen LogP contribution in [0, 0.1) is 5.92 Å². The molecule has 0 saturated heterocycles. The molecule has 0 atom stereocenters. The Kier molecular flexibility index (Phi) is 3.25. The highest BCUT2D eigenvalue weighted by Gasteiger charge is 2.14. The highest BCUT2D eigenvalue weighted by atomic mass is 35.5. The lowest BCUT2D eigenvalue weighted by Crippen LogP contribution is -2.03. The summed E-state index contributed by atoms with van der Waals surface area (Å²) in [6.07, 6.45) is 1.92. The van der Waals surface area contributed by atoms with E-state index in [2.05, 4.69) is 18.4 Å². The first-order valence-corrected chi connectivity index (χ1v) is 6.16. The quantitative estimate of drug-likeness (QED) is 0.749. The average molecular weight is 250 g/mol. The van der Waals surface area contributed by atoms with E-state index in [9.17, 15) is 4.79 Å². The van der Waals surface area contributed by atoms with Crippen LogP contribution in [0.4, 0.5) is 0 Å². The molecular formula is C14H16ClNO. The van der Waals surface area contributed by atoms with Crippen molar-refractivity contribution in [1.29, 1.82) is 0 Å². The van der Waals surface area contributed by atoms with Crippen LogP contribution < -0.4 is 0 Å². The number of ketones is 1. The smallest absolute Gasteiger partial charge is 0.161 e. The van der Waals surface area contributed by atoms with Crippen molar-refractivity contribution in [3.05, 3.63) is 35.0 Å². The lowest BCUT2D eigenvalue weighted by atomic mass is 10.1. The van der Waals surface area contributed by atoms with Gasteiger partial charge in [0.1, 0.15) is 0 Å². The first-order valence-electron chi connectivity index (χ1n) is 5.79. The molecule has 0 fully saturated rings. The molecule has 2 rings (SSSR count). The van der Waals surface area contributed by atoms with Crippen molar-refractivity contribution >= 4 is 28.3 Å². The fourth-order valence-corrected chi connectivity index (χ4v) is 2.42. The first-order chi connectivity index (χ1) is 8.00. The molecule has 0 aliphatic carbocycles. The van der Waals surface area contributed by atoms with Gasteiger partial charge in [0.05, 0.1) is 10.5 Å². The molecule has 1 aromatic carbocycles. The van der Waals surface area contributed by atoms with E-state index in [1.54, 1.807) is 6.92 Å². The first kappa shape index (κ1) is 12.2. The summed E-state index contributed by atoms with van der Waals surface area (Å²) >= 11 is 6.23. The predicted octanol–water partition coefficient (Wildman–Crippen LogP) is 4.15. The molecule has 2 aromatic rings. The largest absolute Gasteiger partial charge is 0.345 e. The van der Waals surface area contributed by atoms with Gasteiger partial charge < -0.3 is 4.57 Å². The molecular weight excluding hydrogens is 234 g/mol. The molecule has 0 amide bonds. The monoisotopic (exact) mass is 249 g/mol. The third-order valence-electron chi connectivity index (χ3n) is 2.79. The molecule has 0 aliphatic rings. The summed E-state index contributed by atoms with van der Waals surface area (Å²) in [6, 6.07) is 5.70. The number of hydrogen-bond acceptors (Lipinski definition) is 1. The third-order valence-corrected chi connectivity index (χ3v) is 3.10. The molecule has 0 saturated carbocycles. The minimum Gasteiger partial charge on any atom is -0.345 e. The lowest BCUT2D eigenvalue weighted by Gasteiger charge is -2.08. The van der Waals surface area contributed by atoms with Crippen molar-refractivity contribution in [2.45, 2.75) is 27.3 Å². The van der Waals surface area contributed by atoms with Crippen LogP contribution in [0.25, 0.3) is 10.9 Å². The Morgan fingerprint density at radius 2 is 2.12 bits per heavy atom. The lowest BCUT2D eigenvalue weighted by molar-refractivity contribution is 0.101. The number of aromatic nitrogens is 1. The molecule has 0 radical (unpaired) electrons. The molecule has 2 nitrogen and oxygen atoms in total. The molecule has 0 spiro atoms. The van der Waals surface area contributed by atoms with E-state index in [1.165, 1.54) is 0 Å². The number of nitrogens with zero attached hydrogens (tertiary/aromatic N) is 1. The maximum atomic E-state index is 11.6. The number of para-hydroxylation sites is 1. The number of fused-ring (bicyclic) bond motifs is 1. The van der Waals surface area contributed by atoms with Crippen molar-refractivity contribution in [3.8, 4) is 0 Å². The summed E-state index contributed by atoms with van der Waals surface area (Å²) in [5.74, 6) is 0.599. The second-order valence-corrected chi connectivity index (χ2v) is 5.19. The molecule has 90 valence electrons. The van der Waals surface area contributed by atoms with E-state index in [1.807, 2.05) is 24.4 Å². The van der Waals surface area contributed by atoms with Gasteiger partial charge in [-0.3, -0.25) is 4.79 Å². The van der Waals surface area contributed by atoms with Crippen LogP contribution in [0.5, 0.6) is 0 Å². The number of carbonyl (C=O) groups excluding carboxylic acids is 1. The Balaban J connectivity index is 2.71. The topological polar surface area (TPSA) is 22.0 Å². The van der Waals surface area contributed by atoms with Gasteiger partial charge in [0.15, 0.2) is 5.78 Å². The fraction of sp³-hybridized carbons (Fsp3) is 0.357. The summed E-state index contributed by atoms with van der Waals surface area (Å²) in [6.45, 7) is 6.76. The van der Waals surface area contributed by atoms with E-state index in [-0.39, 0.29) is 5.78 Å². The van der Waals surface area contributed by atoms with E-state index < -0.39 is 0 Å². The van der Waals surface area contributed by atoms with Gasteiger partial charge in [-0.25, -0.2) is 0 Å². The van der Waals surface area contributed by atoms with E-state index in [4.69, 9.17) is 11.6 Å². The van der Waals surface area contributed by atoms with Crippen LogP contribution in [0.2, 0.25) is 5.02 Å². The number of hydrogen-bond donors (Lipinski definition) is 0. The zero-order valence-electron chi connectivity index (χ0n) is 10.3. The Labute approximate surface area is 106 Å². The van der Waals surface area contributed by atoms with E-state index >= 15 is 0 Å². The number of rotatable bonds is 3. The maximum Gasteiger partial charge on any atom is 0.161 e.